The smallest absolute Gasteiger partial charge is 0.496 e. The van der Waals surface area contributed by atoms with E-state index < -0.39 is 43.1 Å². The van der Waals surface area contributed by atoms with E-state index in [-0.39, 0.29) is 36.3 Å². The van der Waals surface area contributed by atoms with Crippen molar-refractivity contribution < 1.29 is 42.8 Å². The Labute approximate surface area is 218 Å². The van der Waals surface area contributed by atoms with E-state index in [1.807, 2.05) is 13.8 Å². The van der Waals surface area contributed by atoms with Gasteiger partial charge in [-0.25, -0.2) is 9.36 Å². The lowest BCUT2D eigenvalue weighted by atomic mass is 9.94. The first-order valence-electron chi connectivity index (χ1n) is 12.2. The molecule has 2 aliphatic rings. The van der Waals surface area contributed by atoms with Gasteiger partial charge in [-0.15, -0.1) is 0 Å². The average molecular weight is 551 g/mol. The zero-order valence-electron chi connectivity index (χ0n) is 21.1. The standard InChI is InChI=1S/C24H31N4O9P/c1-12(2)7-16(27-21(30)17-8-14-15(26-17)5-4-6-19(14)36-3)20(29)28-18(22(31)37-38(33,34)35)10-24-9-13(24)11-25-23(24)32/h4-6,8,12-13,16,18,26H,7,9-11H2,1-3H3,(H,25,32)(H,27,30)(H,28,29)(H2,33,34,35)/t13?,16-,18-,24?/m0/s1. The summed E-state index contributed by atoms with van der Waals surface area (Å²) in [7, 11) is -3.69. The van der Waals surface area contributed by atoms with Gasteiger partial charge < -0.3 is 30.2 Å². The van der Waals surface area contributed by atoms with Gasteiger partial charge in [0.05, 0.1) is 12.5 Å². The van der Waals surface area contributed by atoms with Crippen LogP contribution in [0.15, 0.2) is 24.3 Å². The van der Waals surface area contributed by atoms with Gasteiger partial charge >= 0.3 is 13.8 Å². The number of rotatable bonds is 11. The Morgan fingerprint density at radius 1 is 1.21 bits per heavy atom. The van der Waals surface area contributed by atoms with Gasteiger partial charge in [-0.1, -0.05) is 19.9 Å². The number of aromatic amines is 1. The predicted molar refractivity (Wildman–Crippen MR) is 134 cm³/mol. The second kappa shape index (κ2) is 10.4. The molecule has 1 aliphatic heterocycles. The molecule has 6 N–H and O–H groups in total. The van der Waals surface area contributed by atoms with E-state index in [4.69, 9.17) is 14.5 Å². The van der Waals surface area contributed by atoms with Crippen molar-refractivity contribution >= 4 is 42.4 Å². The fourth-order valence-electron chi connectivity index (χ4n) is 5.04. The highest BCUT2D eigenvalue weighted by Crippen LogP contribution is 2.59. The van der Waals surface area contributed by atoms with Crippen LogP contribution in [-0.2, 0) is 23.5 Å². The van der Waals surface area contributed by atoms with Crippen molar-refractivity contribution in [1.82, 2.24) is 20.9 Å². The summed E-state index contributed by atoms with van der Waals surface area (Å²) in [6, 6.07) is 4.28. The van der Waals surface area contributed by atoms with Gasteiger partial charge in [0.2, 0.25) is 11.8 Å². The Morgan fingerprint density at radius 3 is 2.53 bits per heavy atom. The summed E-state index contributed by atoms with van der Waals surface area (Å²) in [5, 5.41) is 8.50. The topological polar surface area (TPSA) is 196 Å². The lowest BCUT2D eigenvalue weighted by Gasteiger charge is -2.25. The quantitative estimate of drug-likeness (QED) is 0.221. The summed E-state index contributed by atoms with van der Waals surface area (Å²) in [6.07, 6.45) is 0.512. The lowest BCUT2D eigenvalue weighted by Crippen LogP contribution is -2.53. The molecule has 4 atom stereocenters. The van der Waals surface area contributed by atoms with E-state index in [2.05, 4.69) is 25.5 Å². The number of amides is 3. The first kappa shape index (κ1) is 27.6. The predicted octanol–water partition coefficient (Wildman–Crippen LogP) is 0.968. The second-order valence-electron chi connectivity index (χ2n) is 10.2. The zero-order chi connectivity index (χ0) is 27.8. The van der Waals surface area contributed by atoms with Crippen molar-refractivity contribution in [2.45, 2.75) is 45.2 Å². The van der Waals surface area contributed by atoms with Gasteiger partial charge in [0.25, 0.3) is 5.91 Å². The molecule has 3 amide bonds. The number of hydrogen-bond acceptors (Lipinski definition) is 7. The summed E-state index contributed by atoms with van der Waals surface area (Å²) in [6.45, 7) is 4.11. The second-order valence-corrected chi connectivity index (χ2v) is 11.4. The molecule has 206 valence electrons. The Bertz CT molecular complexity index is 1320. The fraction of sp³-hybridized carbons (Fsp3) is 0.500. The number of fused-ring (bicyclic) bond motifs is 2. The molecule has 1 aliphatic carbocycles. The molecule has 1 saturated carbocycles. The molecule has 13 nitrogen and oxygen atoms in total. The normalized spacial score (nSPS) is 21.8. The number of H-pyrrole nitrogens is 1. The number of benzene rings is 1. The Hall–Kier alpha value is -3.41. The van der Waals surface area contributed by atoms with Crippen molar-refractivity contribution in [3.63, 3.8) is 0 Å². The maximum absolute atomic E-state index is 13.3. The van der Waals surface area contributed by atoms with E-state index in [1.165, 1.54) is 7.11 Å². The summed E-state index contributed by atoms with van der Waals surface area (Å²) < 4.78 is 20.9. The molecular weight excluding hydrogens is 519 g/mol. The zero-order valence-corrected chi connectivity index (χ0v) is 22.0. The molecule has 0 radical (unpaired) electrons. The number of aromatic nitrogens is 1. The molecule has 14 heteroatoms. The van der Waals surface area contributed by atoms with Gasteiger partial charge in [-0.2, -0.15) is 0 Å². The number of phosphoric ester groups is 1. The van der Waals surface area contributed by atoms with Gasteiger partial charge in [-0.05, 0) is 49.3 Å². The number of carbonyl (C=O) groups is 4. The van der Waals surface area contributed by atoms with E-state index in [1.54, 1.807) is 24.3 Å². The number of piperidine rings is 1. The third-order valence-corrected chi connectivity index (χ3v) is 7.41. The highest BCUT2D eigenvalue weighted by molar-refractivity contribution is 7.46. The number of nitrogens with one attached hydrogen (secondary N) is 4. The van der Waals surface area contributed by atoms with Crippen LogP contribution in [-0.4, -0.2) is 64.2 Å². The van der Waals surface area contributed by atoms with Gasteiger partial charge in [0, 0.05) is 17.4 Å². The number of methoxy groups -OCH3 is 1. The van der Waals surface area contributed by atoms with E-state index in [0.29, 0.717) is 29.6 Å². The third kappa shape index (κ3) is 5.85. The maximum Gasteiger partial charge on any atom is 0.527 e. The van der Waals surface area contributed by atoms with Crippen LogP contribution in [0.1, 0.15) is 43.6 Å². The molecular formula is C24H31N4O9P. The van der Waals surface area contributed by atoms with Crippen molar-refractivity contribution in [2.24, 2.45) is 17.3 Å². The van der Waals surface area contributed by atoms with E-state index >= 15 is 0 Å². The van der Waals surface area contributed by atoms with Crippen LogP contribution in [0.2, 0.25) is 0 Å². The summed E-state index contributed by atoms with van der Waals surface area (Å²) >= 11 is 0. The maximum atomic E-state index is 13.3. The lowest BCUT2D eigenvalue weighted by molar-refractivity contribution is -0.142. The minimum Gasteiger partial charge on any atom is -0.496 e. The summed E-state index contributed by atoms with van der Waals surface area (Å²) in [4.78, 5) is 72.7. The molecule has 0 bridgehead atoms. The monoisotopic (exact) mass is 550 g/mol. The van der Waals surface area contributed by atoms with Gasteiger partial charge in [0.1, 0.15) is 23.5 Å². The largest absolute Gasteiger partial charge is 0.527 e. The fourth-order valence-corrected chi connectivity index (χ4v) is 5.40. The van der Waals surface area contributed by atoms with Crippen LogP contribution >= 0.6 is 7.82 Å². The molecule has 1 aromatic heterocycles. The molecule has 38 heavy (non-hydrogen) atoms. The molecule has 0 spiro atoms. The molecule has 1 saturated heterocycles. The Balaban J connectivity index is 1.53. The van der Waals surface area contributed by atoms with Gasteiger partial charge in [-0.3, -0.25) is 24.2 Å². The van der Waals surface area contributed by atoms with E-state index in [0.717, 1.165) is 0 Å². The Morgan fingerprint density at radius 2 is 1.95 bits per heavy atom. The van der Waals surface area contributed by atoms with Crippen molar-refractivity contribution in [2.75, 3.05) is 13.7 Å². The highest BCUT2D eigenvalue weighted by atomic mass is 31.2. The van der Waals surface area contributed by atoms with Crippen molar-refractivity contribution in [3.8, 4) is 5.75 Å². The molecule has 2 heterocycles. The average Bonchev–Trinajstić information content (AvgIpc) is 3.20. The Kier molecular flexibility index (Phi) is 7.55. The van der Waals surface area contributed by atoms with Crippen LogP contribution in [0.4, 0.5) is 0 Å². The number of ether oxygens (including phenoxy) is 1. The number of hydrogen-bond donors (Lipinski definition) is 6. The van der Waals surface area contributed by atoms with Crippen LogP contribution in [0, 0.1) is 17.3 Å². The molecule has 2 unspecified atom stereocenters. The third-order valence-electron chi connectivity index (χ3n) is 6.99. The minimum atomic E-state index is -5.20. The highest BCUT2D eigenvalue weighted by Gasteiger charge is 2.64. The summed E-state index contributed by atoms with van der Waals surface area (Å²) in [5.41, 5.74) is -0.0648. The van der Waals surface area contributed by atoms with Crippen LogP contribution in [0.5, 0.6) is 5.75 Å². The number of carbonyl (C=O) groups excluding carboxylic acids is 4. The van der Waals surface area contributed by atoms with Crippen LogP contribution < -0.4 is 20.7 Å². The number of phosphoric acid groups is 1. The first-order valence-corrected chi connectivity index (χ1v) is 13.7. The van der Waals surface area contributed by atoms with Crippen molar-refractivity contribution in [3.05, 3.63) is 30.0 Å². The van der Waals surface area contributed by atoms with E-state index in [9.17, 15) is 23.7 Å². The molecule has 4 rings (SSSR count). The molecule has 2 aromatic rings. The SMILES string of the molecule is COc1cccc2[nH]c(C(=O)N[C@@H](CC(C)C)C(=O)N[C@@H](CC34CC3CNC4=O)C(=O)OP(=O)(O)O)cc12. The minimum absolute atomic E-state index is 0.0394. The first-order chi connectivity index (χ1) is 17.8. The van der Waals surface area contributed by atoms with Crippen LogP contribution in [0.3, 0.4) is 0 Å². The molecule has 1 aromatic carbocycles. The summed E-state index contributed by atoms with van der Waals surface area (Å²) in [5.74, 6) is -2.48. The molecule has 2 fully saturated rings. The van der Waals surface area contributed by atoms with Crippen molar-refractivity contribution in [1.29, 1.82) is 0 Å². The van der Waals surface area contributed by atoms with Gasteiger partial charge in [0.15, 0.2) is 0 Å². The van der Waals surface area contributed by atoms with Crippen LogP contribution in [0.25, 0.3) is 10.9 Å².